The summed E-state index contributed by atoms with van der Waals surface area (Å²) in [5, 5.41) is 2.86. The number of amides is 1. The third-order valence-electron chi connectivity index (χ3n) is 4.10. The molecular formula is C18H19N3O6. The zero-order chi connectivity index (χ0) is 19.7. The lowest BCUT2D eigenvalue weighted by Gasteiger charge is -2.14. The van der Waals surface area contributed by atoms with E-state index in [0.717, 1.165) is 0 Å². The average Bonchev–Trinajstić information content (AvgIpc) is 3.00. The Morgan fingerprint density at radius 3 is 2.33 bits per heavy atom. The SMILES string of the molecule is COc1cc(NC(=O)c2c(C)oc3ncn(C)c(=O)c23)cc(OC)c1OC. The molecule has 3 aromatic rings. The van der Waals surface area contributed by atoms with Crippen LogP contribution in [0, 0.1) is 6.92 Å². The van der Waals surface area contributed by atoms with Crippen LogP contribution in [0.3, 0.4) is 0 Å². The zero-order valence-corrected chi connectivity index (χ0v) is 15.6. The van der Waals surface area contributed by atoms with E-state index in [2.05, 4.69) is 10.3 Å². The molecule has 0 aliphatic heterocycles. The normalized spacial score (nSPS) is 10.7. The van der Waals surface area contributed by atoms with Gasteiger partial charge in [-0.1, -0.05) is 0 Å². The van der Waals surface area contributed by atoms with Crippen molar-refractivity contribution >= 4 is 22.7 Å². The van der Waals surface area contributed by atoms with Crippen LogP contribution in [0.25, 0.3) is 11.1 Å². The second kappa shape index (κ2) is 7.02. The van der Waals surface area contributed by atoms with Gasteiger partial charge in [0.05, 0.1) is 26.9 Å². The van der Waals surface area contributed by atoms with Crippen molar-refractivity contribution in [2.75, 3.05) is 26.6 Å². The summed E-state index contributed by atoms with van der Waals surface area (Å²) in [7, 11) is 6.00. The van der Waals surface area contributed by atoms with Crippen molar-refractivity contribution in [1.82, 2.24) is 9.55 Å². The number of hydrogen-bond acceptors (Lipinski definition) is 7. The molecule has 1 N–H and O–H groups in total. The van der Waals surface area contributed by atoms with Crippen LogP contribution in [-0.2, 0) is 7.05 Å². The molecule has 0 radical (unpaired) electrons. The lowest BCUT2D eigenvalue weighted by Crippen LogP contribution is -2.20. The summed E-state index contributed by atoms with van der Waals surface area (Å²) in [5.74, 6) is 0.967. The third-order valence-corrected chi connectivity index (χ3v) is 4.10. The number of aromatic nitrogens is 2. The predicted octanol–water partition coefficient (Wildman–Crippen LogP) is 2.11. The van der Waals surface area contributed by atoms with Gasteiger partial charge in [0, 0.05) is 24.9 Å². The Hall–Kier alpha value is -3.49. The fourth-order valence-corrected chi connectivity index (χ4v) is 2.81. The second-order valence-electron chi connectivity index (χ2n) is 5.74. The fourth-order valence-electron chi connectivity index (χ4n) is 2.81. The van der Waals surface area contributed by atoms with Gasteiger partial charge in [-0.2, -0.15) is 0 Å². The highest BCUT2D eigenvalue weighted by Crippen LogP contribution is 2.40. The number of fused-ring (bicyclic) bond motifs is 1. The number of methoxy groups -OCH3 is 3. The first-order chi connectivity index (χ1) is 12.9. The number of carbonyl (C=O) groups is 1. The minimum atomic E-state index is -0.509. The molecule has 0 saturated heterocycles. The van der Waals surface area contributed by atoms with Crippen molar-refractivity contribution in [1.29, 1.82) is 0 Å². The molecule has 9 nitrogen and oxygen atoms in total. The topological polar surface area (TPSA) is 105 Å². The van der Waals surface area contributed by atoms with E-state index in [1.165, 1.54) is 32.2 Å². The number of furan rings is 1. The molecule has 1 amide bonds. The summed E-state index contributed by atoms with van der Waals surface area (Å²) < 4.78 is 22.6. The first-order valence-corrected chi connectivity index (χ1v) is 7.97. The van der Waals surface area contributed by atoms with E-state index in [0.29, 0.717) is 28.7 Å². The summed E-state index contributed by atoms with van der Waals surface area (Å²) in [6.45, 7) is 1.60. The maximum Gasteiger partial charge on any atom is 0.265 e. The Bertz CT molecular complexity index is 1060. The first-order valence-electron chi connectivity index (χ1n) is 7.97. The Balaban J connectivity index is 2.07. The van der Waals surface area contributed by atoms with E-state index in [-0.39, 0.29) is 22.2 Å². The van der Waals surface area contributed by atoms with Gasteiger partial charge in [0.15, 0.2) is 11.5 Å². The molecule has 1 aromatic carbocycles. The highest BCUT2D eigenvalue weighted by Gasteiger charge is 2.23. The van der Waals surface area contributed by atoms with Gasteiger partial charge in [0.2, 0.25) is 11.5 Å². The summed E-state index contributed by atoms with van der Waals surface area (Å²) in [4.78, 5) is 29.3. The highest BCUT2D eigenvalue weighted by atomic mass is 16.5. The Morgan fingerprint density at radius 2 is 1.78 bits per heavy atom. The summed E-state index contributed by atoms with van der Waals surface area (Å²) >= 11 is 0. The first kappa shape index (κ1) is 18.3. The van der Waals surface area contributed by atoms with Crippen LogP contribution in [0.4, 0.5) is 5.69 Å². The molecule has 2 aromatic heterocycles. The maximum atomic E-state index is 12.9. The lowest BCUT2D eigenvalue weighted by atomic mass is 10.1. The minimum Gasteiger partial charge on any atom is -0.493 e. The molecule has 142 valence electrons. The smallest absolute Gasteiger partial charge is 0.265 e. The summed E-state index contributed by atoms with van der Waals surface area (Å²) in [6, 6.07) is 3.18. The third kappa shape index (κ3) is 3.07. The monoisotopic (exact) mass is 373 g/mol. The number of carbonyl (C=O) groups excluding carboxylic acids is 1. The van der Waals surface area contributed by atoms with Gasteiger partial charge in [0.25, 0.3) is 11.5 Å². The number of rotatable bonds is 5. The molecule has 0 bridgehead atoms. The lowest BCUT2D eigenvalue weighted by molar-refractivity contribution is 0.102. The van der Waals surface area contributed by atoms with Crippen LogP contribution in [0.2, 0.25) is 0 Å². The highest BCUT2D eigenvalue weighted by molar-refractivity contribution is 6.12. The molecule has 0 unspecified atom stereocenters. The van der Waals surface area contributed by atoms with E-state index in [1.54, 1.807) is 26.1 Å². The van der Waals surface area contributed by atoms with Gasteiger partial charge >= 0.3 is 0 Å². The van der Waals surface area contributed by atoms with Gasteiger partial charge in [0.1, 0.15) is 17.5 Å². The largest absolute Gasteiger partial charge is 0.493 e. The van der Waals surface area contributed by atoms with Crippen molar-refractivity contribution in [3.8, 4) is 17.2 Å². The number of hydrogen-bond donors (Lipinski definition) is 1. The van der Waals surface area contributed by atoms with Gasteiger partial charge < -0.3 is 28.5 Å². The standard InChI is InChI=1S/C18H19N3O6/c1-9-13(14-17(27-9)19-8-21(2)18(14)23)16(22)20-10-6-11(24-3)15(26-5)12(7-10)25-4/h6-8H,1-5H3,(H,20,22). The molecule has 9 heteroatoms. The number of anilines is 1. The van der Waals surface area contributed by atoms with Crippen LogP contribution >= 0.6 is 0 Å². The Morgan fingerprint density at radius 1 is 1.15 bits per heavy atom. The minimum absolute atomic E-state index is 0.116. The molecule has 0 fully saturated rings. The van der Waals surface area contributed by atoms with E-state index in [1.807, 2.05) is 0 Å². The molecule has 0 aliphatic rings. The van der Waals surface area contributed by atoms with Gasteiger partial charge in [-0.25, -0.2) is 4.98 Å². The van der Waals surface area contributed by atoms with Crippen LogP contribution in [0.1, 0.15) is 16.1 Å². The number of aryl methyl sites for hydroxylation is 2. The number of ether oxygens (including phenoxy) is 3. The van der Waals surface area contributed by atoms with Crippen molar-refractivity contribution < 1.29 is 23.4 Å². The van der Waals surface area contributed by atoms with Crippen LogP contribution in [0.15, 0.2) is 27.7 Å². The van der Waals surface area contributed by atoms with E-state index in [9.17, 15) is 9.59 Å². The average molecular weight is 373 g/mol. The van der Waals surface area contributed by atoms with Crippen LogP contribution < -0.4 is 25.1 Å². The van der Waals surface area contributed by atoms with E-state index < -0.39 is 5.91 Å². The Labute approximate surface area is 154 Å². The second-order valence-corrected chi connectivity index (χ2v) is 5.74. The van der Waals surface area contributed by atoms with Crippen molar-refractivity contribution in [2.45, 2.75) is 6.92 Å². The van der Waals surface area contributed by atoms with Gasteiger partial charge in [-0.05, 0) is 6.92 Å². The van der Waals surface area contributed by atoms with Crippen LogP contribution in [-0.4, -0.2) is 36.8 Å². The zero-order valence-electron chi connectivity index (χ0n) is 15.6. The molecule has 27 heavy (non-hydrogen) atoms. The molecule has 0 saturated carbocycles. The molecular weight excluding hydrogens is 354 g/mol. The number of nitrogens with one attached hydrogen (secondary N) is 1. The maximum absolute atomic E-state index is 12.9. The molecule has 0 spiro atoms. The van der Waals surface area contributed by atoms with Crippen LogP contribution in [0.5, 0.6) is 17.2 Å². The molecule has 3 rings (SSSR count). The van der Waals surface area contributed by atoms with Gasteiger partial charge in [-0.3, -0.25) is 9.59 Å². The summed E-state index contributed by atoms with van der Waals surface area (Å²) in [5.41, 5.74) is 0.286. The van der Waals surface area contributed by atoms with Crippen molar-refractivity contribution in [3.63, 3.8) is 0 Å². The molecule has 0 atom stereocenters. The summed E-state index contributed by atoms with van der Waals surface area (Å²) in [6.07, 6.45) is 1.34. The van der Waals surface area contributed by atoms with Crippen molar-refractivity contribution in [2.24, 2.45) is 7.05 Å². The number of nitrogens with zero attached hydrogens (tertiary/aromatic N) is 2. The quantitative estimate of drug-likeness (QED) is 0.730. The molecule has 0 aliphatic carbocycles. The van der Waals surface area contributed by atoms with E-state index in [4.69, 9.17) is 18.6 Å². The molecule has 2 heterocycles. The van der Waals surface area contributed by atoms with Crippen molar-refractivity contribution in [3.05, 3.63) is 40.1 Å². The fraction of sp³-hybridized carbons (Fsp3) is 0.278. The number of benzene rings is 1. The predicted molar refractivity (Wildman–Crippen MR) is 98.0 cm³/mol. The Kier molecular flexibility index (Phi) is 4.76. The van der Waals surface area contributed by atoms with E-state index >= 15 is 0 Å². The van der Waals surface area contributed by atoms with Gasteiger partial charge in [-0.15, -0.1) is 0 Å².